The average Bonchev–Trinajstić information content (AvgIpc) is 1.53. The highest BCUT2D eigenvalue weighted by molar-refractivity contribution is 5.88. The van der Waals surface area contributed by atoms with Crippen molar-refractivity contribution in [2.75, 3.05) is 0 Å². The molecule has 0 bridgehead atoms. The lowest BCUT2D eigenvalue weighted by Gasteiger charge is -2.20. The number of fused-ring (bicyclic) bond motifs is 4. The number of carboxylic acids is 1. The van der Waals surface area contributed by atoms with Crippen LogP contribution in [0.4, 0.5) is 65.9 Å². The Morgan fingerprint density at radius 3 is 1.23 bits per heavy atom. The van der Waals surface area contributed by atoms with Gasteiger partial charge >= 0.3 is 18.3 Å². The number of carbonyl (C=O) groups excluding carboxylic acids is 3. The normalized spacial score (nSPS) is 15.1. The maximum absolute atomic E-state index is 14.4. The van der Waals surface area contributed by atoms with Crippen LogP contribution >= 0.6 is 0 Å². The molecular weight excluding hydrogens is 1650 g/mol. The molecule has 124 heavy (non-hydrogen) atoms. The molecule has 6 aromatic carbocycles. The second kappa shape index (κ2) is 36.6. The van der Waals surface area contributed by atoms with Crippen LogP contribution in [0.5, 0.6) is 0 Å². The van der Waals surface area contributed by atoms with Crippen molar-refractivity contribution < 1.29 is 100.0 Å². The fourth-order valence-electron chi connectivity index (χ4n) is 15.7. The number of benzene rings is 6. The number of pyridine rings is 3. The first-order valence-electron chi connectivity index (χ1n) is 38.2. The van der Waals surface area contributed by atoms with E-state index in [0.717, 1.165) is 52.0 Å². The van der Waals surface area contributed by atoms with Crippen molar-refractivity contribution in [3.05, 3.63) is 339 Å². The fraction of sp³-hybridized carbons (Fsp3) is 0.222. The number of aliphatic hydroxyl groups excluding tert-OH is 1. The molecule has 6 aromatic heterocycles. The lowest BCUT2D eigenvalue weighted by molar-refractivity contribution is -0.143. The number of nitrogens with zero attached hydrogens (tertiary/aromatic N) is 9. The molecule has 8 N–H and O–H groups in total. The van der Waals surface area contributed by atoms with Gasteiger partial charge in [-0.2, -0.15) is 41.6 Å². The molecule has 19 nitrogen and oxygen atoms in total. The van der Waals surface area contributed by atoms with Gasteiger partial charge in [-0.05, 0) is 162 Å². The first kappa shape index (κ1) is 88.2. The third-order valence-electron chi connectivity index (χ3n) is 21.1. The summed E-state index contributed by atoms with van der Waals surface area (Å²) in [5.41, 5.74) is 21.0. The Morgan fingerprint density at radius 1 is 0.484 bits per heavy atom. The van der Waals surface area contributed by atoms with E-state index in [1.165, 1.54) is 83.9 Å². The monoisotopic (exact) mass is 1720 g/mol. The van der Waals surface area contributed by atoms with Crippen LogP contribution in [0, 0.1) is 58.3 Å². The molecule has 1 saturated carbocycles. The Labute approximate surface area is 696 Å². The first-order chi connectivity index (χ1) is 58.8. The zero-order chi connectivity index (χ0) is 89.1. The number of carbonyl (C=O) groups is 4. The predicted molar refractivity (Wildman–Crippen MR) is 424 cm³/mol. The van der Waals surface area contributed by atoms with E-state index in [0.29, 0.717) is 85.8 Å². The van der Waals surface area contributed by atoms with Crippen LogP contribution in [0.25, 0.3) is 50.5 Å². The SMILES string of the molecule is C=C(N)c1cc(-c2cccnc2[C@@H](CC(=O)Cn2ccc(C(F)(F)F)n2)Cc2cc(F)cc(F)c2)ccc1F.C=C(N)c1cc(-c2cccnc2[C@@H](CC(=O)Cn2nc(C(=O)O)c3c2COC3)Cc2cc(F)cc(F)c2)ccc1F.C=C(N)c1cc(-c2cccnc2[C@@H](CC(=O)Cn2nc(C(F)(F)F)c3c2C2CC2C3O)Cc2cc(F)cc(F)c2)ccc1F. The van der Waals surface area contributed by atoms with Crippen LogP contribution in [0.1, 0.15) is 150 Å². The van der Waals surface area contributed by atoms with Gasteiger partial charge in [-0.15, -0.1) is 0 Å². The van der Waals surface area contributed by atoms with Crippen molar-refractivity contribution in [1.82, 2.24) is 44.3 Å². The summed E-state index contributed by atoms with van der Waals surface area (Å²) >= 11 is 0. The summed E-state index contributed by atoms with van der Waals surface area (Å²) in [6.07, 6.45) is -5.38. The van der Waals surface area contributed by atoms with Gasteiger partial charge in [-0.25, -0.2) is 44.3 Å². The van der Waals surface area contributed by atoms with E-state index in [1.807, 2.05) is 0 Å². The van der Waals surface area contributed by atoms with Crippen molar-refractivity contribution >= 4 is 40.4 Å². The highest BCUT2D eigenvalue weighted by Gasteiger charge is 2.58. The van der Waals surface area contributed by atoms with Crippen LogP contribution in [-0.4, -0.2) is 77.8 Å². The molecule has 12 aromatic rings. The zero-order valence-electron chi connectivity index (χ0n) is 65.2. The molecule has 7 heterocycles. The minimum atomic E-state index is -4.81. The van der Waals surface area contributed by atoms with Gasteiger partial charge < -0.3 is 32.2 Å². The molecule has 1 aliphatic heterocycles. The van der Waals surface area contributed by atoms with Gasteiger partial charge in [0.05, 0.1) is 61.7 Å². The van der Waals surface area contributed by atoms with E-state index in [1.54, 1.807) is 42.5 Å². The van der Waals surface area contributed by atoms with E-state index in [4.69, 9.17) is 21.9 Å². The minimum absolute atomic E-state index is 0.000738. The van der Waals surface area contributed by atoms with Gasteiger partial charge in [0.2, 0.25) is 0 Å². The number of ether oxygens (including phenoxy) is 1. The topological polar surface area (TPSA) is 288 Å². The minimum Gasteiger partial charge on any atom is -0.476 e. The molecule has 1 fully saturated rings. The Bertz CT molecular complexity index is 6120. The number of halogens is 15. The molecule has 0 radical (unpaired) electrons. The summed E-state index contributed by atoms with van der Waals surface area (Å²) in [6, 6.07) is 32.6. The Hall–Kier alpha value is -13.6. The van der Waals surface area contributed by atoms with Gasteiger partial charge in [0.1, 0.15) is 52.4 Å². The second-order valence-corrected chi connectivity index (χ2v) is 30.1. The standard InChI is InChI=1S/C32H26F6N4O2.C30H25F3N4O4.C28H22F6N4O/c1-15(39)23-11-17(4-5-26(23)35)22-3-2-6-40-28(22)18(7-16-8-19(33)12-20(34)9-16)10-21(43)14-42-29-24-13-25(24)30(44)27(29)31(41-42)32(36,37)38;1-16(34)24-11-18(4-5-26(24)33)23-3-2-6-35-28(23)19(7-17-8-20(31)12-21(32)9-17)10-22(38)13-37-27-15-41-14-25(27)29(36-37)30(39)40;1-16(35)24-13-18(4-5-25(24)31)23-3-2-7-36-27(23)19(9-17-10-20(29)14-21(30)11-17)12-22(39)15-38-8-6-26(37-38)28(32,33)34/h2-6,8-9,11-12,18,24-25,30,44H,1,7,10,13-14,39H2;2-6,8-9,11-12,19H,1,7,10,13-15,34H2,(H,39,40);2-8,10-11,13-14,19H,1,9,12,15,35H2/t18-,24?,25?,30?;2*19-/m111/s1. The average molecular weight is 1720 g/mol. The van der Waals surface area contributed by atoms with Gasteiger partial charge in [0, 0.05) is 153 Å². The number of carboxylic acid groups (broad SMARTS) is 1. The summed E-state index contributed by atoms with van der Waals surface area (Å²) in [5.74, 6) is -11.9. The maximum Gasteiger partial charge on any atom is 0.435 e. The van der Waals surface area contributed by atoms with Crippen LogP contribution in [0.2, 0.25) is 0 Å². The number of nitrogens with two attached hydrogens (primary N) is 3. The van der Waals surface area contributed by atoms with E-state index in [2.05, 4.69) is 50.0 Å². The predicted octanol–water partition coefficient (Wildman–Crippen LogP) is 17.7. The maximum atomic E-state index is 14.4. The number of aromatic carboxylic acids is 1. The third-order valence-corrected chi connectivity index (χ3v) is 21.1. The number of rotatable bonds is 28. The Morgan fingerprint density at radius 2 is 0.871 bits per heavy atom. The first-order valence-corrected chi connectivity index (χ1v) is 38.2. The second-order valence-electron chi connectivity index (χ2n) is 30.1. The van der Waals surface area contributed by atoms with Crippen LogP contribution < -0.4 is 17.2 Å². The van der Waals surface area contributed by atoms with Crippen molar-refractivity contribution in [2.45, 2.75) is 120 Å². The molecule has 3 unspecified atom stereocenters. The molecule has 34 heteroatoms. The summed E-state index contributed by atoms with van der Waals surface area (Å²) in [6.45, 7) is 9.81. The van der Waals surface area contributed by atoms with Crippen molar-refractivity contribution in [2.24, 2.45) is 23.1 Å². The Balaban J connectivity index is 0.000000160. The van der Waals surface area contributed by atoms with Crippen molar-refractivity contribution in [3.8, 4) is 33.4 Å². The molecule has 3 aliphatic rings. The number of hydrogen-bond donors (Lipinski definition) is 5. The largest absolute Gasteiger partial charge is 0.476 e. The van der Waals surface area contributed by atoms with Crippen LogP contribution in [0.15, 0.2) is 196 Å². The smallest absolute Gasteiger partial charge is 0.435 e. The molecule has 0 amide bonds. The van der Waals surface area contributed by atoms with Gasteiger partial charge in [0.15, 0.2) is 34.4 Å². The number of alkyl halides is 6. The van der Waals surface area contributed by atoms with Crippen molar-refractivity contribution in [1.29, 1.82) is 0 Å². The van der Waals surface area contributed by atoms with Gasteiger partial charge in [0.25, 0.3) is 0 Å². The third kappa shape index (κ3) is 20.4. The fourth-order valence-corrected chi connectivity index (χ4v) is 15.7. The molecule has 640 valence electrons. The molecule has 0 saturated heterocycles. The van der Waals surface area contributed by atoms with E-state index in [9.17, 15) is 95.2 Å². The van der Waals surface area contributed by atoms with Crippen LogP contribution in [-0.2, 0) is 83.6 Å². The highest BCUT2D eigenvalue weighted by Crippen LogP contribution is 2.63. The van der Waals surface area contributed by atoms with Gasteiger partial charge in [-0.1, -0.05) is 56.1 Å². The molecule has 6 atom stereocenters. The number of aromatic nitrogens is 9. The lowest BCUT2D eigenvalue weighted by atomic mass is 9.86. The van der Waals surface area contributed by atoms with E-state index in [-0.39, 0.29) is 138 Å². The summed E-state index contributed by atoms with van der Waals surface area (Å²) in [7, 11) is 0. The summed E-state index contributed by atoms with van der Waals surface area (Å²) in [4.78, 5) is 65.1. The molecule has 15 rings (SSSR count). The molecule has 2 aliphatic carbocycles. The van der Waals surface area contributed by atoms with Gasteiger partial charge in [-0.3, -0.25) is 43.4 Å². The molecule has 0 spiro atoms. The number of Topliss-reactive ketones (excluding diaryl/α,β-unsaturated/α-hetero) is 3. The summed E-state index contributed by atoms with van der Waals surface area (Å²) < 4.78 is 216. The van der Waals surface area contributed by atoms with E-state index >= 15 is 0 Å². The molecular formula is C90H73F15N12O7. The van der Waals surface area contributed by atoms with E-state index < -0.39 is 131 Å². The number of ketones is 3. The highest BCUT2D eigenvalue weighted by atomic mass is 19.4. The van der Waals surface area contributed by atoms with Crippen LogP contribution in [0.3, 0.4) is 0 Å². The number of aliphatic hydroxyl groups is 1. The van der Waals surface area contributed by atoms with Crippen molar-refractivity contribution in [3.63, 3.8) is 0 Å². The Kier molecular flexibility index (Phi) is 26.0. The number of hydrogen-bond acceptors (Lipinski definition) is 15. The quantitative estimate of drug-likeness (QED) is 0.0285. The lowest BCUT2D eigenvalue weighted by Crippen LogP contribution is -2.19. The summed E-state index contributed by atoms with van der Waals surface area (Å²) in [5, 5.41) is 31.1. The zero-order valence-corrected chi connectivity index (χ0v) is 65.2.